The molecule has 1 saturated heterocycles. The predicted octanol–water partition coefficient (Wildman–Crippen LogP) is 2.27. The van der Waals surface area contributed by atoms with Crippen LogP contribution >= 0.6 is 11.3 Å². The Bertz CT molecular complexity index is 750. The van der Waals surface area contributed by atoms with Gasteiger partial charge in [-0.05, 0) is 33.6 Å². The third-order valence-electron chi connectivity index (χ3n) is 3.79. The van der Waals surface area contributed by atoms with E-state index in [0.717, 1.165) is 0 Å². The number of piperidine rings is 1. The van der Waals surface area contributed by atoms with Crippen molar-refractivity contribution in [1.82, 2.24) is 19.8 Å². The average molecular weight is 415 g/mol. The minimum absolute atomic E-state index is 0.238. The Labute approximate surface area is 153 Å². The molecule has 2 amide bonds. The van der Waals surface area contributed by atoms with Gasteiger partial charge in [-0.25, -0.2) is 17.9 Å². The molecule has 0 aliphatic carbocycles. The first-order valence-electron chi connectivity index (χ1n) is 7.78. The molecule has 1 aromatic rings. The van der Waals surface area contributed by atoms with Gasteiger partial charge >= 0.3 is 12.2 Å². The zero-order valence-electron chi connectivity index (χ0n) is 14.4. The molecular weight excluding hydrogens is 395 g/mol. The Balaban J connectivity index is 1.88. The number of aromatic nitrogens is 2. The van der Waals surface area contributed by atoms with Crippen LogP contribution in [0.2, 0.25) is 0 Å². The molecule has 1 aliphatic rings. The van der Waals surface area contributed by atoms with Crippen LogP contribution in [-0.2, 0) is 16.2 Å². The monoisotopic (exact) mass is 415 g/mol. The van der Waals surface area contributed by atoms with Gasteiger partial charge in [0.2, 0.25) is 20.2 Å². The van der Waals surface area contributed by atoms with Crippen LogP contribution in [-0.4, -0.2) is 53.4 Å². The molecule has 0 radical (unpaired) electrons. The molecule has 2 rings (SSSR count). The molecule has 1 fully saturated rings. The largest absolute Gasteiger partial charge is 0.445 e. The van der Waals surface area contributed by atoms with Crippen molar-refractivity contribution in [1.29, 1.82) is 0 Å². The fourth-order valence-corrected chi connectivity index (χ4v) is 3.78. The fraction of sp³-hybridized carbons (Fsp3) is 0.769. The molecule has 0 aromatic carbocycles. The SMILES string of the molecule is CC(C)(C)S(=O)(=O)NC1CCN(C(=O)Nc2nnc(C(F)(F)F)s2)CC1. The minimum atomic E-state index is -4.61. The van der Waals surface area contributed by atoms with Gasteiger partial charge in [-0.15, -0.1) is 10.2 Å². The molecule has 8 nitrogen and oxygen atoms in total. The van der Waals surface area contributed by atoms with Crippen molar-refractivity contribution in [3.8, 4) is 0 Å². The number of carbonyl (C=O) groups is 1. The van der Waals surface area contributed by atoms with Crippen molar-refractivity contribution in [3.63, 3.8) is 0 Å². The summed E-state index contributed by atoms with van der Waals surface area (Å²) in [6.45, 7) is 5.32. The zero-order chi connectivity index (χ0) is 19.8. The Morgan fingerprint density at radius 2 is 1.77 bits per heavy atom. The van der Waals surface area contributed by atoms with E-state index in [1.54, 1.807) is 20.8 Å². The molecule has 2 heterocycles. The average Bonchev–Trinajstić information content (AvgIpc) is 2.95. The number of urea groups is 1. The maximum Gasteiger partial charge on any atom is 0.445 e. The number of rotatable bonds is 3. The van der Waals surface area contributed by atoms with Crippen molar-refractivity contribution < 1.29 is 26.4 Å². The summed E-state index contributed by atoms with van der Waals surface area (Å²) in [5, 5.41) is 7.21. The van der Waals surface area contributed by atoms with Crippen LogP contribution < -0.4 is 10.0 Å². The van der Waals surface area contributed by atoms with E-state index in [9.17, 15) is 26.4 Å². The number of likely N-dealkylation sites (tertiary alicyclic amines) is 1. The first kappa shape index (κ1) is 20.8. The van der Waals surface area contributed by atoms with E-state index < -0.39 is 32.0 Å². The second kappa shape index (κ2) is 7.27. The molecule has 26 heavy (non-hydrogen) atoms. The summed E-state index contributed by atoms with van der Waals surface area (Å²) in [5.74, 6) is 0. The number of alkyl halides is 3. The summed E-state index contributed by atoms with van der Waals surface area (Å²) in [6, 6.07) is -0.881. The van der Waals surface area contributed by atoms with Crippen LogP contribution in [0.3, 0.4) is 0 Å². The number of hydrogen-bond acceptors (Lipinski definition) is 6. The Morgan fingerprint density at radius 3 is 2.23 bits per heavy atom. The first-order valence-corrected chi connectivity index (χ1v) is 10.1. The van der Waals surface area contributed by atoms with E-state index in [-0.39, 0.29) is 35.6 Å². The van der Waals surface area contributed by atoms with Gasteiger partial charge in [0.15, 0.2) is 0 Å². The maximum absolute atomic E-state index is 12.5. The van der Waals surface area contributed by atoms with Gasteiger partial charge in [0, 0.05) is 19.1 Å². The molecule has 0 atom stereocenters. The van der Waals surface area contributed by atoms with Crippen LogP contribution in [0.5, 0.6) is 0 Å². The normalized spacial score (nSPS) is 17.4. The second-order valence-corrected chi connectivity index (χ2v) is 10.3. The molecule has 0 bridgehead atoms. The number of amides is 2. The molecule has 0 saturated carbocycles. The highest BCUT2D eigenvalue weighted by molar-refractivity contribution is 7.90. The Kier molecular flexibility index (Phi) is 5.83. The zero-order valence-corrected chi connectivity index (χ0v) is 16.1. The van der Waals surface area contributed by atoms with Crippen molar-refractivity contribution in [2.45, 2.75) is 50.6 Å². The topological polar surface area (TPSA) is 104 Å². The van der Waals surface area contributed by atoms with Crippen LogP contribution in [0.15, 0.2) is 0 Å². The highest BCUT2D eigenvalue weighted by atomic mass is 32.2. The lowest BCUT2D eigenvalue weighted by atomic mass is 10.1. The lowest BCUT2D eigenvalue weighted by Gasteiger charge is -2.33. The van der Waals surface area contributed by atoms with Gasteiger partial charge in [-0.1, -0.05) is 11.3 Å². The van der Waals surface area contributed by atoms with Gasteiger partial charge in [-0.3, -0.25) is 5.32 Å². The second-order valence-electron chi connectivity index (χ2n) is 6.84. The highest BCUT2D eigenvalue weighted by Gasteiger charge is 2.36. The highest BCUT2D eigenvalue weighted by Crippen LogP contribution is 2.33. The van der Waals surface area contributed by atoms with Gasteiger partial charge in [-0.2, -0.15) is 13.2 Å². The van der Waals surface area contributed by atoms with E-state index in [1.807, 2.05) is 0 Å². The van der Waals surface area contributed by atoms with Crippen LogP contribution in [0.4, 0.5) is 23.1 Å². The standard InChI is InChI=1S/C13H20F3N5O3S2/c1-12(2,3)26(23,24)20-8-4-6-21(7-5-8)11(22)17-10-19-18-9(25-10)13(14,15)16/h8,20H,4-7H2,1-3H3,(H,17,19,22). The summed E-state index contributed by atoms with van der Waals surface area (Å²) in [5.41, 5.74) is 0. The van der Waals surface area contributed by atoms with Gasteiger partial charge in [0.1, 0.15) is 0 Å². The predicted molar refractivity (Wildman–Crippen MR) is 90.3 cm³/mol. The first-order chi connectivity index (χ1) is 11.8. The van der Waals surface area contributed by atoms with Crippen LogP contribution in [0.25, 0.3) is 0 Å². The smallest absolute Gasteiger partial charge is 0.324 e. The molecule has 1 aromatic heterocycles. The number of hydrogen-bond donors (Lipinski definition) is 2. The third kappa shape index (κ3) is 5.04. The van der Waals surface area contributed by atoms with Gasteiger partial charge < -0.3 is 4.90 Å². The van der Waals surface area contributed by atoms with E-state index in [0.29, 0.717) is 12.8 Å². The summed E-state index contributed by atoms with van der Waals surface area (Å²) < 4.78 is 63.5. The fourth-order valence-electron chi connectivity index (χ4n) is 2.16. The lowest BCUT2D eigenvalue weighted by molar-refractivity contribution is -0.138. The van der Waals surface area contributed by atoms with E-state index in [2.05, 4.69) is 20.2 Å². The molecule has 0 unspecified atom stereocenters. The molecular formula is C13H20F3N5O3S2. The molecule has 148 valence electrons. The Morgan fingerprint density at radius 1 is 1.19 bits per heavy atom. The lowest BCUT2D eigenvalue weighted by Crippen LogP contribution is -2.50. The van der Waals surface area contributed by atoms with Gasteiger partial charge in [0.25, 0.3) is 0 Å². The third-order valence-corrected chi connectivity index (χ3v) is 6.93. The number of nitrogens with zero attached hydrogens (tertiary/aromatic N) is 3. The minimum Gasteiger partial charge on any atom is -0.324 e. The van der Waals surface area contributed by atoms with Gasteiger partial charge in [0.05, 0.1) is 4.75 Å². The van der Waals surface area contributed by atoms with Crippen molar-refractivity contribution in [2.24, 2.45) is 0 Å². The molecule has 0 spiro atoms. The van der Waals surface area contributed by atoms with E-state index >= 15 is 0 Å². The number of nitrogens with one attached hydrogen (secondary N) is 2. The van der Waals surface area contributed by atoms with E-state index in [4.69, 9.17) is 0 Å². The quantitative estimate of drug-likeness (QED) is 0.788. The number of sulfonamides is 1. The summed E-state index contributed by atoms with van der Waals surface area (Å²) >= 11 is 0.246. The molecule has 13 heteroatoms. The van der Waals surface area contributed by atoms with E-state index in [1.165, 1.54) is 4.90 Å². The molecule has 2 N–H and O–H groups in total. The Hall–Kier alpha value is -1.47. The van der Waals surface area contributed by atoms with Crippen LogP contribution in [0, 0.1) is 0 Å². The van der Waals surface area contributed by atoms with Crippen LogP contribution in [0.1, 0.15) is 38.6 Å². The molecule has 1 aliphatic heterocycles. The summed E-state index contributed by atoms with van der Waals surface area (Å²) in [4.78, 5) is 13.5. The number of carbonyl (C=O) groups excluding carboxylic acids is 1. The van der Waals surface area contributed by atoms with Crippen molar-refractivity contribution >= 4 is 32.5 Å². The summed E-state index contributed by atoms with van der Waals surface area (Å²) in [7, 11) is -3.49. The van der Waals surface area contributed by atoms with Crippen molar-refractivity contribution in [2.75, 3.05) is 18.4 Å². The van der Waals surface area contributed by atoms with Crippen molar-refractivity contribution in [3.05, 3.63) is 5.01 Å². The number of halogens is 3. The number of anilines is 1. The summed E-state index contributed by atoms with van der Waals surface area (Å²) in [6.07, 6.45) is -3.79. The maximum atomic E-state index is 12.5.